The van der Waals surface area contributed by atoms with Crippen LogP contribution in [0.2, 0.25) is 0 Å². The number of anilines is 2. The fourth-order valence-corrected chi connectivity index (χ4v) is 4.95. The van der Waals surface area contributed by atoms with Gasteiger partial charge in [0.2, 0.25) is 11.9 Å². The van der Waals surface area contributed by atoms with Crippen LogP contribution in [0.5, 0.6) is 0 Å². The van der Waals surface area contributed by atoms with Gasteiger partial charge in [0.15, 0.2) is 5.82 Å². The van der Waals surface area contributed by atoms with Crippen LogP contribution in [0.15, 0.2) is 41.8 Å². The number of amides is 1. The monoisotopic (exact) mass is 432 g/mol. The number of aryl methyl sites for hydroxylation is 2. The van der Waals surface area contributed by atoms with Crippen LogP contribution in [0.4, 0.5) is 11.5 Å². The van der Waals surface area contributed by atoms with E-state index in [4.69, 9.17) is 15.7 Å². The highest BCUT2D eigenvalue weighted by Crippen LogP contribution is 2.34. The number of primary amides is 1. The summed E-state index contributed by atoms with van der Waals surface area (Å²) in [5, 5.41) is 6.43. The molecule has 0 bridgehead atoms. The number of hydrogen-bond donors (Lipinski definition) is 2. The number of hydrogen-bond acceptors (Lipinski definition) is 6. The van der Waals surface area contributed by atoms with E-state index in [-0.39, 0.29) is 0 Å². The van der Waals surface area contributed by atoms with Gasteiger partial charge >= 0.3 is 0 Å². The molecule has 3 aromatic heterocycles. The number of thiophene rings is 1. The van der Waals surface area contributed by atoms with Crippen molar-refractivity contribution in [3.05, 3.63) is 63.6 Å². The number of carbonyl (C=O) groups is 1. The molecule has 4 aromatic rings. The predicted octanol–water partition coefficient (Wildman–Crippen LogP) is 3.88. The molecular formula is C23H24N6OS. The summed E-state index contributed by atoms with van der Waals surface area (Å²) in [7, 11) is 2.09. The van der Waals surface area contributed by atoms with E-state index in [0.717, 1.165) is 53.2 Å². The SMILES string of the molecule is Cc1cc2c(C(N)=O)cccc2n1-c1nc2c(c(NCc3cccs3)n1)N(C)CCC2. The molecule has 0 saturated carbocycles. The van der Waals surface area contributed by atoms with Gasteiger partial charge in [-0.15, -0.1) is 11.3 Å². The van der Waals surface area contributed by atoms with Gasteiger partial charge in [0.05, 0.1) is 17.8 Å². The van der Waals surface area contributed by atoms with Gasteiger partial charge in [-0.1, -0.05) is 12.1 Å². The largest absolute Gasteiger partial charge is 0.370 e. The summed E-state index contributed by atoms with van der Waals surface area (Å²) >= 11 is 1.72. The van der Waals surface area contributed by atoms with E-state index >= 15 is 0 Å². The Labute approximate surface area is 184 Å². The normalized spacial score (nSPS) is 13.4. The zero-order valence-electron chi connectivity index (χ0n) is 17.6. The standard InChI is InChI=1S/C23H24N6OS/c1-14-12-17-16(21(24)30)7-3-9-19(17)29(14)23-26-18-8-4-10-28(2)20(18)22(27-23)25-13-15-6-5-11-31-15/h3,5-7,9,11-12H,4,8,10,13H2,1-2H3,(H2,24,30)(H,25,26,27). The topological polar surface area (TPSA) is 89.1 Å². The number of nitrogens with zero attached hydrogens (tertiary/aromatic N) is 4. The zero-order chi connectivity index (χ0) is 21.5. The number of nitrogens with one attached hydrogen (secondary N) is 1. The fourth-order valence-electron chi connectivity index (χ4n) is 4.31. The van der Waals surface area contributed by atoms with Crippen molar-refractivity contribution in [1.82, 2.24) is 14.5 Å². The van der Waals surface area contributed by atoms with Crippen LogP contribution >= 0.6 is 11.3 Å². The number of benzene rings is 1. The molecule has 1 amide bonds. The summed E-state index contributed by atoms with van der Waals surface area (Å²) in [6.07, 6.45) is 1.97. The molecule has 4 heterocycles. The smallest absolute Gasteiger partial charge is 0.249 e. The first-order valence-electron chi connectivity index (χ1n) is 10.3. The Morgan fingerprint density at radius 1 is 1.26 bits per heavy atom. The molecule has 0 spiro atoms. The summed E-state index contributed by atoms with van der Waals surface area (Å²) in [6, 6.07) is 11.7. The van der Waals surface area contributed by atoms with Crippen LogP contribution in [-0.2, 0) is 13.0 Å². The number of fused-ring (bicyclic) bond motifs is 2. The molecule has 3 N–H and O–H groups in total. The molecule has 0 aliphatic carbocycles. The molecule has 8 heteroatoms. The maximum atomic E-state index is 11.9. The molecule has 1 aromatic carbocycles. The second kappa shape index (κ2) is 7.70. The molecule has 0 radical (unpaired) electrons. The molecule has 158 valence electrons. The van der Waals surface area contributed by atoms with Gasteiger partial charge in [-0.25, -0.2) is 4.98 Å². The maximum Gasteiger partial charge on any atom is 0.249 e. The summed E-state index contributed by atoms with van der Waals surface area (Å²) in [6.45, 7) is 3.70. The van der Waals surface area contributed by atoms with Crippen molar-refractivity contribution in [2.45, 2.75) is 26.3 Å². The van der Waals surface area contributed by atoms with Gasteiger partial charge in [-0.05, 0) is 49.4 Å². The van der Waals surface area contributed by atoms with E-state index in [2.05, 4.69) is 34.8 Å². The summed E-state index contributed by atoms with van der Waals surface area (Å²) in [4.78, 5) is 25.3. The number of nitrogens with two attached hydrogens (primary N) is 1. The zero-order valence-corrected chi connectivity index (χ0v) is 18.4. The third kappa shape index (κ3) is 3.42. The third-order valence-electron chi connectivity index (χ3n) is 5.74. The van der Waals surface area contributed by atoms with Crippen LogP contribution in [0.3, 0.4) is 0 Å². The van der Waals surface area contributed by atoms with E-state index < -0.39 is 5.91 Å². The van der Waals surface area contributed by atoms with Gasteiger partial charge < -0.3 is 16.0 Å². The maximum absolute atomic E-state index is 11.9. The number of carbonyl (C=O) groups excluding carboxylic acids is 1. The Morgan fingerprint density at radius 2 is 2.13 bits per heavy atom. The third-order valence-corrected chi connectivity index (χ3v) is 6.62. The lowest BCUT2D eigenvalue weighted by Crippen LogP contribution is -2.28. The summed E-state index contributed by atoms with van der Waals surface area (Å²) in [5.41, 5.74) is 10.0. The number of aromatic nitrogens is 3. The molecule has 0 atom stereocenters. The molecule has 1 aliphatic heterocycles. The highest BCUT2D eigenvalue weighted by molar-refractivity contribution is 7.09. The van der Waals surface area contributed by atoms with Crippen molar-refractivity contribution in [2.75, 3.05) is 23.8 Å². The Balaban J connectivity index is 1.66. The lowest BCUT2D eigenvalue weighted by Gasteiger charge is -2.29. The molecular weight excluding hydrogens is 408 g/mol. The minimum Gasteiger partial charge on any atom is -0.370 e. The van der Waals surface area contributed by atoms with Crippen LogP contribution in [0.25, 0.3) is 16.9 Å². The predicted molar refractivity (Wildman–Crippen MR) is 125 cm³/mol. The van der Waals surface area contributed by atoms with Gasteiger partial charge in [0.25, 0.3) is 0 Å². The first-order chi connectivity index (χ1) is 15.0. The average Bonchev–Trinajstić information content (AvgIpc) is 3.38. The van der Waals surface area contributed by atoms with Crippen molar-refractivity contribution in [1.29, 1.82) is 0 Å². The lowest BCUT2D eigenvalue weighted by atomic mass is 10.1. The van der Waals surface area contributed by atoms with E-state index in [9.17, 15) is 4.79 Å². The number of rotatable bonds is 5. The van der Waals surface area contributed by atoms with Crippen molar-refractivity contribution in [3.63, 3.8) is 0 Å². The average molecular weight is 433 g/mol. The Kier molecular flexibility index (Phi) is 4.86. The summed E-state index contributed by atoms with van der Waals surface area (Å²) < 4.78 is 2.01. The van der Waals surface area contributed by atoms with E-state index in [1.807, 2.05) is 29.7 Å². The second-order valence-corrected chi connectivity index (χ2v) is 8.88. The lowest BCUT2D eigenvalue weighted by molar-refractivity contribution is 0.100. The van der Waals surface area contributed by atoms with Crippen molar-refractivity contribution >= 4 is 39.7 Å². The van der Waals surface area contributed by atoms with E-state index in [0.29, 0.717) is 18.1 Å². The Morgan fingerprint density at radius 3 is 2.90 bits per heavy atom. The molecule has 0 saturated heterocycles. The van der Waals surface area contributed by atoms with Crippen LogP contribution < -0.4 is 16.0 Å². The van der Waals surface area contributed by atoms with E-state index in [1.54, 1.807) is 17.4 Å². The minimum atomic E-state index is -0.436. The molecule has 0 fully saturated rings. The van der Waals surface area contributed by atoms with Crippen LogP contribution in [0, 0.1) is 6.92 Å². The molecule has 7 nitrogen and oxygen atoms in total. The quantitative estimate of drug-likeness (QED) is 0.500. The highest BCUT2D eigenvalue weighted by atomic mass is 32.1. The minimum absolute atomic E-state index is 0.436. The van der Waals surface area contributed by atoms with Gasteiger partial charge in [0.1, 0.15) is 5.69 Å². The molecule has 0 unspecified atom stereocenters. The van der Waals surface area contributed by atoms with Gasteiger partial charge in [-0.2, -0.15) is 4.98 Å². The first kappa shape index (κ1) is 19.6. The molecule has 31 heavy (non-hydrogen) atoms. The van der Waals surface area contributed by atoms with Gasteiger partial charge in [-0.3, -0.25) is 9.36 Å². The van der Waals surface area contributed by atoms with Crippen LogP contribution in [0.1, 0.15) is 33.0 Å². The first-order valence-corrected chi connectivity index (χ1v) is 11.2. The Hall–Kier alpha value is -3.39. The highest BCUT2D eigenvalue weighted by Gasteiger charge is 2.24. The second-order valence-electron chi connectivity index (χ2n) is 7.85. The van der Waals surface area contributed by atoms with Crippen molar-refractivity contribution in [2.24, 2.45) is 5.73 Å². The Bertz CT molecular complexity index is 1280. The summed E-state index contributed by atoms with van der Waals surface area (Å²) in [5.74, 6) is 1.01. The van der Waals surface area contributed by atoms with E-state index in [1.165, 1.54) is 4.88 Å². The van der Waals surface area contributed by atoms with Gasteiger partial charge in [0, 0.05) is 35.1 Å². The molecule has 1 aliphatic rings. The van der Waals surface area contributed by atoms with Crippen LogP contribution in [-0.4, -0.2) is 34.0 Å². The molecule has 5 rings (SSSR count). The van der Waals surface area contributed by atoms with Crippen molar-refractivity contribution in [3.8, 4) is 5.95 Å². The fraction of sp³-hybridized carbons (Fsp3) is 0.261. The van der Waals surface area contributed by atoms with Crippen molar-refractivity contribution < 1.29 is 4.79 Å².